The summed E-state index contributed by atoms with van der Waals surface area (Å²) in [6, 6.07) is 0. The summed E-state index contributed by atoms with van der Waals surface area (Å²) in [4.78, 5) is 0. The second-order valence-corrected chi connectivity index (χ2v) is 3.63. The maximum absolute atomic E-state index is 9.52. The standard InChI is InChI=1S/C7H14O6S/c8-1-7(2-14)5(11)3(9)4(10)6(12)13-7/h3-6,8-12,14H,1-2H2/t3-,4-,5+,6+,7+/m1/s1. The van der Waals surface area contributed by atoms with Gasteiger partial charge in [-0.05, 0) is 0 Å². The third-order valence-electron chi connectivity index (χ3n) is 2.40. The van der Waals surface area contributed by atoms with Crippen LogP contribution in [0.15, 0.2) is 0 Å². The Labute approximate surface area is 86.2 Å². The van der Waals surface area contributed by atoms with Crippen LogP contribution in [0.2, 0.25) is 0 Å². The van der Waals surface area contributed by atoms with Crippen molar-refractivity contribution in [2.45, 2.75) is 30.2 Å². The van der Waals surface area contributed by atoms with Crippen molar-refractivity contribution in [2.75, 3.05) is 12.4 Å². The van der Waals surface area contributed by atoms with Crippen LogP contribution < -0.4 is 0 Å². The molecular formula is C7H14O6S. The van der Waals surface area contributed by atoms with E-state index in [0.717, 1.165) is 0 Å². The molecule has 84 valence electrons. The average molecular weight is 226 g/mol. The lowest BCUT2D eigenvalue weighted by molar-refractivity contribution is -0.319. The first kappa shape index (κ1) is 12.2. The number of hydrogen-bond donors (Lipinski definition) is 6. The third kappa shape index (κ3) is 1.76. The highest BCUT2D eigenvalue weighted by Gasteiger charge is 2.52. The van der Waals surface area contributed by atoms with Gasteiger partial charge in [0.1, 0.15) is 23.9 Å². The lowest BCUT2D eigenvalue weighted by atomic mass is 9.89. The van der Waals surface area contributed by atoms with Crippen LogP contribution in [0.25, 0.3) is 0 Å². The van der Waals surface area contributed by atoms with Gasteiger partial charge in [-0.1, -0.05) is 0 Å². The number of thiol groups is 1. The number of aliphatic hydroxyl groups is 5. The van der Waals surface area contributed by atoms with E-state index in [-0.39, 0.29) is 5.75 Å². The van der Waals surface area contributed by atoms with E-state index in [1.54, 1.807) is 0 Å². The maximum Gasteiger partial charge on any atom is 0.184 e. The molecule has 5 N–H and O–H groups in total. The molecule has 1 heterocycles. The first-order valence-corrected chi connectivity index (χ1v) is 4.73. The van der Waals surface area contributed by atoms with Gasteiger partial charge in [-0.3, -0.25) is 0 Å². The molecule has 0 aliphatic carbocycles. The summed E-state index contributed by atoms with van der Waals surface area (Å²) in [6.45, 7) is -0.613. The lowest BCUT2D eigenvalue weighted by Crippen LogP contribution is -2.66. The summed E-state index contributed by atoms with van der Waals surface area (Å²) < 4.78 is 4.84. The molecule has 0 saturated carbocycles. The Morgan fingerprint density at radius 2 is 1.71 bits per heavy atom. The zero-order valence-electron chi connectivity index (χ0n) is 7.32. The molecule has 1 saturated heterocycles. The van der Waals surface area contributed by atoms with Crippen LogP contribution >= 0.6 is 12.6 Å². The topological polar surface area (TPSA) is 110 Å². The SMILES string of the molecule is OC[C@@]1(CS)O[C@H](O)[C@H](O)[C@@H](O)[C@@H]1O. The van der Waals surface area contributed by atoms with Crippen LogP contribution in [0.3, 0.4) is 0 Å². The molecule has 0 bridgehead atoms. The molecule has 0 amide bonds. The van der Waals surface area contributed by atoms with E-state index in [0.29, 0.717) is 0 Å². The second kappa shape index (κ2) is 4.31. The molecular weight excluding hydrogens is 212 g/mol. The predicted octanol–water partition coefficient (Wildman–Crippen LogP) is -2.92. The van der Waals surface area contributed by atoms with Crippen molar-refractivity contribution < 1.29 is 30.3 Å². The van der Waals surface area contributed by atoms with Crippen LogP contribution in [0.5, 0.6) is 0 Å². The van der Waals surface area contributed by atoms with Gasteiger partial charge in [-0.25, -0.2) is 0 Å². The van der Waals surface area contributed by atoms with Crippen LogP contribution in [-0.4, -0.2) is 68.1 Å². The molecule has 1 fully saturated rings. The van der Waals surface area contributed by atoms with Gasteiger partial charge in [0.15, 0.2) is 6.29 Å². The number of rotatable bonds is 2. The highest BCUT2D eigenvalue weighted by molar-refractivity contribution is 7.80. The Hall–Kier alpha value is 0.110. The van der Waals surface area contributed by atoms with Crippen LogP contribution in [0.4, 0.5) is 0 Å². The van der Waals surface area contributed by atoms with E-state index in [1.807, 2.05) is 0 Å². The van der Waals surface area contributed by atoms with Crippen molar-refractivity contribution in [1.82, 2.24) is 0 Å². The Balaban J connectivity index is 2.88. The van der Waals surface area contributed by atoms with Gasteiger partial charge in [0, 0.05) is 5.75 Å². The smallest absolute Gasteiger partial charge is 0.184 e. The molecule has 5 atom stereocenters. The molecule has 0 radical (unpaired) electrons. The first-order chi connectivity index (χ1) is 6.48. The van der Waals surface area contributed by atoms with Gasteiger partial charge in [0.05, 0.1) is 6.61 Å². The fourth-order valence-corrected chi connectivity index (χ4v) is 1.72. The largest absolute Gasteiger partial charge is 0.393 e. The monoisotopic (exact) mass is 226 g/mol. The molecule has 0 unspecified atom stereocenters. The predicted molar refractivity (Wildman–Crippen MR) is 48.8 cm³/mol. The summed E-state index contributed by atoms with van der Waals surface area (Å²) in [6.07, 6.45) is -6.31. The van der Waals surface area contributed by atoms with Gasteiger partial charge >= 0.3 is 0 Å². The number of hydrogen-bond acceptors (Lipinski definition) is 7. The zero-order valence-corrected chi connectivity index (χ0v) is 8.21. The molecule has 14 heavy (non-hydrogen) atoms. The highest BCUT2D eigenvalue weighted by atomic mass is 32.1. The van der Waals surface area contributed by atoms with Gasteiger partial charge in [0.2, 0.25) is 0 Å². The van der Waals surface area contributed by atoms with E-state index < -0.39 is 36.8 Å². The van der Waals surface area contributed by atoms with Crippen molar-refractivity contribution in [3.05, 3.63) is 0 Å². The van der Waals surface area contributed by atoms with Crippen molar-refractivity contribution in [3.63, 3.8) is 0 Å². The van der Waals surface area contributed by atoms with Gasteiger partial charge in [-0.15, -0.1) is 0 Å². The average Bonchev–Trinajstić information content (AvgIpc) is 2.21. The summed E-state index contributed by atoms with van der Waals surface area (Å²) in [7, 11) is 0. The van der Waals surface area contributed by atoms with E-state index >= 15 is 0 Å². The molecule has 0 aromatic rings. The van der Waals surface area contributed by atoms with E-state index in [9.17, 15) is 15.3 Å². The summed E-state index contributed by atoms with van der Waals surface area (Å²) in [5.41, 5.74) is -1.54. The number of ether oxygens (including phenoxy) is 1. The van der Waals surface area contributed by atoms with Crippen LogP contribution in [-0.2, 0) is 4.74 Å². The molecule has 0 aromatic heterocycles. The van der Waals surface area contributed by atoms with E-state index in [1.165, 1.54) is 0 Å². The Bertz CT molecular complexity index is 197. The maximum atomic E-state index is 9.52. The molecule has 0 aromatic carbocycles. The Morgan fingerprint density at radius 1 is 1.14 bits per heavy atom. The second-order valence-electron chi connectivity index (χ2n) is 3.32. The minimum Gasteiger partial charge on any atom is -0.393 e. The Morgan fingerprint density at radius 3 is 2.14 bits per heavy atom. The quantitative estimate of drug-likeness (QED) is 0.281. The Kier molecular flexibility index (Phi) is 3.75. The van der Waals surface area contributed by atoms with Gasteiger partial charge in [-0.2, -0.15) is 12.6 Å². The third-order valence-corrected chi connectivity index (χ3v) is 2.93. The van der Waals surface area contributed by atoms with Crippen LogP contribution in [0.1, 0.15) is 0 Å². The van der Waals surface area contributed by atoms with Gasteiger partial charge < -0.3 is 30.3 Å². The lowest BCUT2D eigenvalue weighted by Gasteiger charge is -2.45. The molecule has 7 heteroatoms. The van der Waals surface area contributed by atoms with E-state index in [4.69, 9.17) is 14.9 Å². The zero-order chi connectivity index (χ0) is 10.9. The van der Waals surface area contributed by atoms with Crippen molar-refractivity contribution >= 4 is 12.6 Å². The molecule has 6 nitrogen and oxygen atoms in total. The summed E-state index contributed by atoms with van der Waals surface area (Å²) in [5, 5.41) is 46.2. The summed E-state index contributed by atoms with van der Waals surface area (Å²) in [5.74, 6) is -0.0918. The van der Waals surface area contributed by atoms with E-state index in [2.05, 4.69) is 12.6 Å². The molecule has 0 spiro atoms. The summed E-state index contributed by atoms with van der Waals surface area (Å²) >= 11 is 3.85. The first-order valence-electron chi connectivity index (χ1n) is 4.10. The van der Waals surface area contributed by atoms with Crippen LogP contribution in [0, 0.1) is 0 Å². The fraction of sp³-hybridized carbons (Fsp3) is 1.00. The molecule has 1 aliphatic heterocycles. The van der Waals surface area contributed by atoms with Gasteiger partial charge in [0.25, 0.3) is 0 Å². The van der Waals surface area contributed by atoms with Crippen molar-refractivity contribution in [3.8, 4) is 0 Å². The minimum atomic E-state index is -1.65. The highest BCUT2D eigenvalue weighted by Crippen LogP contribution is 2.29. The van der Waals surface area contributed by atoms with Crippen molar-refractivity contribution in [2.24, 2.45) is 0 Å². The molecule has 1 aliphatic rings. The molecule has 1 rings (SSSR count). The minimum absolute atomic E-state index is 0.0918. The fourth-order valence-electron chi connectivity index (χ4n) is 1.36. The number of aliphatic hydroxyl groups excluding tert-OH is 5. The van der Waals surface area contributed by atoms with Crippen molar-refractivity contribution in [1.29, 1.82) is 0 Å². The normalized spacial score (nSPS) is 49.3.